The Morgan fingerprint density at radius 2 is 1.72 bits per heavy atom. The van der Waals surface area contributed by atoms with Crippen molar-refractivity contribution in [3.8, 4) is 28.7 Å². The number of hydrogen-bond donors (Lipinski definition) is 2. The number of oxime groups is 1. The van der Waals surface area contributed by atoms with E-state index in [9.17, 15) is 40.6 Å². The topological polar surface area (TPSA) is 167 Å². The Morgan fingerprint density at radius 3 is 2.30 bits per heavy atom. The summed E-state index contributed by atoms with van der Waals surface area (Å²) in [5, 5.41) is 31.7. The van der Waals surface area contributed by atoms with Crippen LogP contribution in [-0.2, 0) is 30.0 Å². The van der Waals surface area contributed by atoms with Gasteiger partial charge in [-0.2, -0.15) is 13.9 Å². The highest BCUT2D eigenvalue weighted by Crippen LogP contribution is 2.47. The molecule has 1 unspecified atom stereocenters. The van der Waals surface area contributed by atoms with Crippen LogP contribution in [0.4, 0.5) is 39.5 Å². The number of ether oxygens (including phenoxy) is 1. The molecular formula is C43H36ClF9N10O4. The molecule has 352 valence electrons. The van der Waals surface area contributed by atoms with Gasteiger partial charge in [0.1, 0.15) is 52.6 Å². The summed E-state index contributed by atoms with van der Waals surface area (Å²) in [5.41, 5.74) is -4.19. The van der Waals surface area contributed by atoms with Crippen LogP contribution in [0.15, 0.2) is 90.7 Å². The van der Waals surface area contributed by atoms with Gasteiger partial charge in [-0.25, -0.2) is 22.2 Å². The van der Waals surface area contributed by atoms with E-state index in [2.05, 4.69) is 57.6 Å². The summed E-state index contributed by atoms with van der Waals surface area (Å²) in [4.78, 5) is 25.8. The van der Waals surface area contributed by atoms with Gasteiger partial charge in [0.15, 0.2) is 5.60 Å². The van der Waals surface area contributed by atoms with Gasteiger partial charge >= 0.3 is 12.3 Å². The van der Waals surface area contributed by atoms with Crippen molar-refractivity contribution >= 4 is 23.2 Å². The summed E-state index contributed by atoms with van der Waals surface area (Å²) in [6, 6.07) is 10.1. The van der Waals surface area contributed by atoms with E-state index in [0.29, 0.717) is 40.9 Å². The van der Waals surface area contributed by atoms with E-state index in [-0.39, 0.29) is 34.5 Å². The van der Waals surface area contributed by atoms with Crippen LogP contribution in [0, 0.1) is 29.4 Å². The zero-order chi connectivity index (χ0) is 48.7. The number of aromatic nitrogens is 8. The van der Waals surface area contributed by atoms with E-state index in [1.807, 2.05) is 0 Å². The maximum absolute atomic E-state index is 15.7. The smallest absolute Gasteiger partial charge is 0.406 e. The first-order valence-electron chi connectivity index (χ1n) is 19.7. The van der Waals surface area contributed by atoms with Crippen LogP contribution in [0.2, 0.25) is 5.02 Å². The number of hydrogen-bond acceptors (Lipinski definition) is 11. The first kappa shape index (κ1) is 49.4. The van der Waals surface area contributed by atoms with Crippen molar-refractivity contribution in [2.75, 3.05) is 6.54 Å². The van der Waals surface area contributed by atoms with E-state index in [4.69, 9.17) is 16.4 Å². The lowest BCUT2D eigenvalue weighted by molar-refractivity contribution is -0.274. The van der Waals surface area contributed by atoms with E-state index < -0.39 is 71.1 Å². The predicted molar refractivity (Wildman–Crippen MR) is 220 cm³/mol. The molecular weight excluding hydrogens is 927 g/mol. The summed E-state index contributed by atoms with van der Waals surface area (Å²) in [6.07, 6.45) is -1.03. The van der Waals surface area contributed by atoms with Gasteiger partial charge in [-0.3, -0.25) is 19.4 Å². The Hall–Kier alpha value is -7.06. The predicted octanol–water partition coefficient (Wildman–Crippen LogP) is 8.32. The molecule has 0 saturated heterocycles. The summed E-state index contributed by atoms with van der Waals surface area (Å²) < 4.78 is 128. The quantitative estimate of drug-likeness (QED) is 0.0469. The average Bonchev–Trinajstić information content (AvgIpc) is 3.80. The number of halogens is 10. The number of rotatable bonds is 14. The molecule has 1 fully saturated rings. The molecule has 2 aromatic carbocycles. The standard InChI is InChI=1S/C22H14F7N5O2.C21H22ClF2N5O2/c23-15-4-7-17(18(24)9-15)20(35,11-34-12-31-32-33-34)21(25,26)19-8-3-14(10-30-19)13-1-5-16(6-2-13)36-22(27,28)29;1-12(2)31-28-17(10-26-21(30)15-11-29(3)27-18(15)20(23)24)19-16(22)8-14(9-25-19)7-6-13-4-5-13/h1-10,12,35H,11H2;8-9,11-13,20H,4-5,10H2,1-3H3,(H,26,30)/b;28-17-. The molecule has 0 spiro atoms. The maximum Gasteiger partial charge on any atom is 0.573 e. The van der Waals surface area contributed by atoms with Crippen LogP contribution < -0.4 is 10.1 Å². The minimum Gasteiger partial charge on any atom is -0.406 e. The second-order valence-corrected chi connectivity index (χ2v) is 15.4. The molecule has 4 heterocycles. The molecule has 24 heteroatoms. The van der Waals surface area contributed by atoms with Crippen LogP contribution in [0.3, 0.4) is 0 Å². The molecule has 1 aliphatic carbocycles. The molecule has 4 aromatic heterocycles. The fraction of sp³-hybridized carbons (Fsp3) is 0.302. The number of aryl methyl sites for hydroxylation is 1. The van der Waals surface area contributed by atoms with Crippen molar-refractivity contribution < 1.29 is 59.0 Å². The summed E-state index contributed by atoms with van der Waals surface area (Å²) in [6.45, 7) is 2.42. The molecule has 6 aromatic rings. The molecule has 1 amide bonds. The Kier molecular flexibility index (Phi) is 15.2. The average molecular weight is 963 g/mol. The number of carbonyl (C=O) groups is 1. The van der Waals surface area contributed by atoms with Gasteiger partial charge in [0.05, 0.1) is 23.7 Å². The first-order chi connectivity index (χ1) is 31.6. The van der Waals surface area contributed by atoms with Gasteiger partial charge in [0.25, 0.3) is 12.3 Å². The van der Waals surface area contributed by atoms with E-state index in [1.54, 1.807) is 26.1 Å². The van der Waals surface area contributed by atoms with E-state index in [1.165, 1.54) is 31.4 Å². The number of pyridine rings is 2. The van der Waals surface area contributed by atoms with Crippen molar-refractivity contribution in [2.45, 2.75) is 63.6 Å². The van der Waals surface area contributed by atoms with Crippen LogP contribution in [0.25, 0.3) is 11.1 Å². The lowest BCUT2D eigenvalue weighted by Crippen LogP contribution is -2.48. The number of aliphatic hydroxyl groups is 1. The third kappa shape index (κ3) is 12.6. The Balaban J connectivity index is 0.000000224. The molecule has 67 heavy (non-hydrogen) atoms. The van der Waals surface area contributed by atoms with Crippen LogP contribution in [0.5, 0.6) is 5.75 Å². The summed E-state index contributed by atoms with van der Waals surface area (Å²) >= 11 is 6.38. The third-order valence-corrected chi connectivity index (χ3v) is 9.68. The lowest BCUT2D eigenvalue weighted by Gasteiger charge is -2.35. The van der Waals surface area contributed by atoms with Crippen LogP contribution in [-0.4, -0.2) is 75.7 Å². The largest absolute Gasteiger partial charge is 0.573 e. The number of tetrazole rings is 1. The van der Waals surface area contributed by atoms with Crippen molar-refractivity contribution in [1.82, 2.24) is 45.3 Å². The highest BCUT2D eigenvalue weighted by molar-refractivity contribution is 6.34. The molecule has 1 atom stereocenters. The number of nitrogens with one attached hydrogen (secondary N) is 1. The molecule has 0 aliphatic heterocycles. The number of alkyl halides is 7. The highest BCUT2D eigenvalue weighted by Gasteiger charge is 2.58. The summed E-state index contributed by atoms with van der Waals surface area (Å²) in [5.74, 6) is -1.30. The van der Waals surface area contributed by atoms with Crippen molar-refractivity contribution in [3.63, 3.8) is 0 Å². The molecule has 0 radical (unpaired) electrons. The van der Waals surface area contributed by atoms with E-state index in [0.717, 1.165) is 52.9 Å². The minimum atomic E-state index is -4.88. The van der Waals surface area contributed by atoms with Crippen molar-refractivity contribution in [2.24, 2.45) is 18.1 Å². The van der Waals surface area contributed by atoms with E-state index >= 15 is 8.78 Å². The monoisotopic (exact) mass is 962 g/mol. The molecule has 7 rings (SSSR count). The van der Waals surface area contributed by atoms with Gasteiger partial charge in [-0.05, 0) is 79.1 Å². The SMILES string of the molecule is CC(C)O/N=C(/CNC(=O)c1cn(C)nc1C(F)F)c1ncc(C#CC2CC2)cc1Cl.OC(Cn1cnnn1)(c1ccc(F)cc1F)C(F)(F)c1ccc(-c2ccc(OC(F)(F)F)cc2)cn1. The Labute approximate surface area is 379 Å². The van der Waals surface area contributed by atoms with Gasteiger partial charge < -0.3 is 20.0 Å². The minimum absolute atomic E-state index is 0.136. The zero-order valence-corrected chi connectivity index (χ0v) is 35.9. The lowest BCUT2D eigenvalue weighted by atomic mass is 9.84. The Morgan fingerprint density at radius 1 is 1.00 bits per heavy atom. The van der Waals surface area contributed by atoms with Gasteiger partial charge in [0, 0.05) is 54.3 Å². The number of nitrogens with zero attached hydrogens (tertiary/aromatic N) is 9. The number of benzene rings is 2. The number of amides is 1. The van der Waals surface area contributed by atoms with Crippen LogP contribution >= 0.6 is 11.6 Å². The van der Waals surface area contributed by atoms with Gasteiger partial charge in [0.2, 0.25) is 0 Å². The third-order valence-electron chi connectivity index (χ3n) is 9.40. The molecule has 0 bridgehead atoms. The second-order valence-electron chi connectivity index (χ2n) is 14.9. The second kappa shape index (κ2) is 20.6. The number of carbonyl (C=O) groups excluding carboxylic acids is 1. The highest BCUT2D eigenvalue weighted by atomic mass is 35.5. The molecule has 1 saturated carbocycles. The molecule has 2 N–H and O–H groups in total. The van der Waals surface area contributed by atoms with Crippen molar-refractivity contribution in [3.05, 3.63) is 136 Å². The normalized spacial score (nSPS) is 13.9. The van der Waals surface area contributed by atoms with Crippen LogP contribution in [0.1, 0.15) is 71.7 Å². The van der Waals surface area contributed by atoms with Crippen molar-refractivity contribution in [1.29, 1.82) is 0 Å². The Bertz CT molecular complexity index is 2760. The fourth-order valence-electron chi connectivity index (χ4n) is 6.04. The van der Waals surface area contributed by atoms with Gasteiger partial charge in [-0.15, -0.1) is 18.3 Å². The first-order valence-corrected chi connectivity index (χ1v) is 20.1. The molecule has 1 aliphatic rings. The maximum atomic E-state index is 15.7. The molecule has 14 nitrogen and oxygen atoms in total. The fourth-order valence-corrected chi connectivity index (χ4v) is 6.31. The van der Waals surface area contributed by atoms with Gasteiger partial charge in [-0.1, -0.05) is 46.8 Å². The summed E-state index contributed by atoms with van der Waals surface area (Å²) in [7, 11) is 1.46. The zero-order valence-electron chi connectivity index (χ0n) is 35.1.